The minimum absolute atomic E-state index is 0.114. The summed E-state index contributed by atoms with van der Waals surface area (Å²) in [5.74, 6) is -0.315. The minimum Gasteiger partial charge on any atom is -0.356 e. The second kappa shape index (κ2) is 7.01. The molecule has 2 rings (SSSR count). The normalized spacial score (nSPS) is 11.7. The molecule has 20 heavy (non-hydrogen) atoms. The molecule has 0 radical (unpaired) electrons. The van der Waals surface area contributed by atoms with Crippen LogP contribution in [0.5, 0.6) is 0 Å². The first kappa shape index (κ1) is 14.5. The predicted molar refractivity (Wildman–Crippen MR) is 85.2 cm³/mol. The third-order valence-corrected chi connectivity index (χ3v) is 3.26. The average Bonchev–Trinajstić information content (AvgIpc) is 2.48. The third kappa shape index (κ3) is 3.78. The van der Waals surface area contributed by atoms with Crippen LogP contribution in [0, 0.1) is 5.82 Å². The molecule has 1 unspecified atom stereocenters. The van der Waals surface area contributed by atoms with Gasteiger partial charge >= 0.3 is 0 Å². The monoisotopic (exact) mass is 288 g/mol. The maximum atomic E-state index is 13.5. The van der Waals surface area contributed by atoms with Crippen LogP contribution in [-0.4, -0.2) is 5.11 Å². The van der Waals surface area contributed by atoms with Crippen molar-refractivity contribution >= 4 is 23.0 Å². The number of para-hydroxylation sites is 1. The number of hydrogen-bond donors (Lipinski definition) is 2. The molecule has 1 atom stereocenters. The zero-order valence-corrected chi connectivity index (χ0v) is 12.1. The van der Waals surface area contributed by atoms with E-state index in [0.29, 0.717) is 10.8 Å². The topological polar surface area (TPSA) is 24.1 Å². The first-order chi connectivity index (χ1) is 9.70. The molecule has 0 heterocycles. The van der Waals surface area contributed by atoms with E-state index in [0.717, 1.165) is 12.0 Å². The van der Waals surface area contributed by atoms with E-state index in [4.69, 9.17) is 12.2 Å². The molecule has 4 heteroatoms. The molecule has 0 bridgehead atoms. The molecule has 0 saturated carbocycles. The highest BCUT2D eigenvalue weighted by Crippen LogP contribution is 2.17. The fraction of sp³-hybridized carbons (Fsp3) is 0.188. The maximum Gasteiger partial charge on any atom is 0.171 e. The summed E-state index contributed by atoms with van der Waals surface area (Å²) in [4.78, 5) is 0. The number of nitrogens with one attached hydrogen (secondary N) is 2. The van der Waals surface area contributed by atoms with Gasteiger partial charge in [0.25, 0.3) is 0 Å². The Balaban J connectivity index is 2.02. The maximum absolute atomic E-state index is 13.5. The molecule has 0 aliphatic carbocycles. The standard InChI is InChI=1S/C16H17FN2S/c1-2-14(12-8-4-3-5-9-12)18-16(20)19-15-11-7-6-10-13(15)17/h3-11,14H,2H2,1H3,(H2,18,19,20). The van der Waals surface area contributed by atoms with Crippen molar-refractivity contribution in [2.24, 2.45) is 0 Å². The highest BCUT2D eigenvalue weighted by atomic mass is 32.1. The van der Waals surface area contributed by atoms with Crippen molar-refractivity contribution in [2.75, 3.05) is 5.32 Å². The average molecular weight is 288 g/mol. The second-order valence-electron chi connectivity index (χ2n) is 4.45. The fourth-order valence-electron chi connectivity index (χ4n) is 1.99. The summed E-state index contributed by atoms with van der Waals surface area (Å²) in [5, 5.41) is 6.52. The lowest BCUT2D eigenvalue weighted by molar-refractivity contribution is 0.624. The van der Waals surface area contributed by atoms with Gasteiger partial charge in [0.2, 0.25) is 0 Å². The van der Waals surface area contributed by atoms with E-state index in [2.05, 4.69) is 17.6 Å². The lowest BCUT2D eigenvalue weighted by Gasteiger charge is -2.20. The minimum atomic E-state index is -0.315. The van der Waals surface area contributed by atoms with Crippen molar-refractivity contribution in [2.45, 2.75) is 19.4 Å². The molecule has 0 aliphatic heterocycles. The summed E-state index contributed by atoms with van der Waals surface area (Å²) < 4.78 is 13.5. The molecule has 2 N–H and O–H groups in total. The van der Waals surface area contributed by atoms with Crippen molar-refractivity contribution < 1.29 is 4.39 Å². The Morgan fingerprint density at radius 2 is 1.75 bits per heavy atom. The van der Waals surface area contributed by atoms with Gasteiger partial charge in [-0.3, -0.25) is 0 Å². The van der Waals surface area contributed by atoms with Gasteiger partial charge in [-0.05, 0) is 36.3 Å². The third-order valence-electron chi connectivity index (χ3n) is 3.04. The van der Waals surface area contributed by atoms with Crippen LogP contribution in [0.2, 0.25) is 0 Å². The van der Waals surface area contributed by atoms with Gasteiger partial charge < -0.3 is 10.6 Å². The van der Waals surface area contributed by atoms with Gasteiger partial charge in [-0.1, -0.05) is 49.4 Å². The Labute approximate surface area is 124 Å². The van der Waals surface area contributed by atoms with Gasteiger partial charge in [-0.15, -0.1) is 0 Å². The van der Waals surface area contributed by atoms with Crippen LogP contribution in [-0.2, 0) is 0 Å². The van der Waals surface area contributed by atoms with Crippen LogP contribution < -0.4 is 10.6 Å². The lowest BCUT2D eigenvalue weighted by atomic mass is 10.1. The number of thiocarbonyl (C=S) groups is 1. The first-order valence-electron chi connectivity index (χ1n) is 6.57. The smallest absolute Gasteiger partial charge is 0.171 e. The van der Waals surface area contributed by atoms with E-state index in [-0.39, 0.29) is 11.9 Å². The molecule has 2 aromatic rings. The molecular weight excluding hydrogens is 271 g/mol. The van der Waals surface area contributed by atoms with Gasteiger partial charge in [-0.2, -0.15) is 0 Å². The fourth-order valence-corrected chi connectivity index (χ4v) is 2.24. The Kier molecular flexibility index (Phi) is 5.07. The van der Waals surface area contributed by atoms with Gasteiger partial charge in [0.05, 0.1) is 11.7 Å². The zero-order valence-electron chi connectivity index (χ0n) is 11.3. The SMILES string of the molecule is CCC(NC(=S)Nc1ccccc1F)c1ccccc1. The van der Waals surface area contributed by atoms with Crippen molar-refractivity contribution in [3.8, 4) is 0 Å². The molecule has 0 aliphatic rings. The highest BCUT2D eigenvalue weighted by molar-refractivity contribution is 7.80. The Bertz CT molecular complexity index is 572. The number of rotatable bonds is 4. The number of benzene rings is 2. The van der Waals surface area contributed by atoms with E-state index >= 15 is 0 Å². The number of anilines is 1. The van der Waals surface area contributed by atoms with Gasteiger partial charge in [0, 0.05) is 0 Å². The molecule has 0 spiro atoms. The van der Waals surface area contributed by atoms with Crippen LogP contribution in [0.3, 0.4) is 0 Å². The summed E-state index contributed by atoms with van der Waals surface area (Å²) in [6.07, 6.45) is 0.892. The van der Waals surface area contributed by atoms with E-state index in [1.54, 1.807) is 18.2 Å². The van der Waals surface area contributed by atoms with E-state index in [1.807, 2.05) is 30.3 Å². The number of halogens is 1. The summed E-state index contributed by atoms with van der Waals surface area (Å²) in [6, 6.07) is 16.7. The van der Waals surface area contributed by atoms with Crippen molar-refractivity contribution in [3.05, 3.63) is 66.0 Å². The zero-order chi connectivity index (χ0) is 14.4. The van der Waals surface area contributed by atoms with Crippen LogP contribution in [0.15, 0.2) is 54.6 Å². The Morgan fingerprint density at radius 3 is 2.40 bits per heavy atom. The van der Waals surface area contributed by atoms with Crippen LogP contribution >= 0.6 is 12.2 Å². The highest BCUT2D eigenvalue weighted by Gasteiger charge is 2.11. The largest absolute Gasteiger partial charge is 0.356 e. The van der Waals surface area contributed by atoms with Gasteiger partial charge in [0.15, 0.2) is 5.11 Å². The molecule has 2 aromatic carbocycles. The molecule has 0 aromatic heterocycles. The summed E-state index contributed by atoms with van der Waals surface area (Å²) in [5.41, 5.74) is 1.54. The quantitative estimate of drug-likeness (QED) is 0.822. The van der Waals surface area contributed by atoms with Crippen LogP contribution in [0.4, 0.5) is 10.1 Å². The van der Waals surface area contributed by atoms with Gasteiger partial charge in [0.1, 0.15) is 5.82 Å². The Morgan fingerprint density at radius 1 is 1.10 bits per heavy atom. The predicted octanol–water partition coefficient (Wildman–Crippen LogP) is 4.26. The molecule has 2 nitrogen and oxygen atoms in total. The molecule has 0 fully saturated rings. The summed E-state index contributed by atoms with van der Waals surface area (Å²) in [6.45, 7) is 2.08. The Hall–Kier alpha value is -1.94. The van der Waals surface area contributed by atoms with Crippen molar-refractivity contribution in [3.63, 3.8) is 0 Å². The molecular formula is C16H17FN2S. The second-order valence-corrected chi connectivity index (χ2v) is 4.86. The molecule has 0 saturated heterocycles. The number of hydrogen-bond acceptors (Lipinski definition) is 1. The lowest BCUT2D eigenvalue weighted by Crippen LogP contribution is -2.32. The van der Waals surface area contributed by atoms with Crippen molar-refractivity contribution in [1.29, 1.82) is 0 Å². The van der Waals surface area contributed by atoms with Crippen molar-refractivity contribution in [1.82, 2.24) is 5.32 Å². The molecule has 104 valence electrons. The van der Waals surface area contributed by atoms with Crippen LogP contribution in [0.1, 0.15) is 24.9 Å². The van der Waals surface area contributed by atoms with E-state index < -0.39 is 0 Å². The van der Waals surface area contributed by atoms with Crippen LogP contribution in [0.25, 0.3) is 0 Å². The van der Waals surface area contributed by atoms with E-state index in [1.165, 1.54) is 6.07 Å². The first-order valence-corrected chi connectivity index (χ1v) is 6.98. The summed E-state index contributed by atoms with van der Waals surface area (Å²) in [7, 11) is 0. The summed E-state index contributed by atoms with van der Waals surface area (Å²) >= 11 is 5.25. The molecule has 0 amide bonds. The van der Waals surface area contributed by atoms with Gasteiger partial charge in [-0.25, -0.2) is 4.39 Å². The van der Waals surface area contributed by atoms with E-state index in [9.17, 15) is 4.39 Å².